The first kappa shape index (κ1) is 16.4. The molecule has 3 aromatic rings. The minimum absolute atomic E-state index is 0.100. The highest BCUT2D eigenvalue weighted by Crippen LogP contribution is 2.38. The molecule has 0 saturated carbocycles. The number of carbonyl (C=O) groups excluding carboxylic acids is 1. The number of hydrogen-bond acceptors (Lipinski definition) is 3. The van der Waals surface area contributed by atoms with E-state index in [1.54, 1.807) is 4.90 Å². The predicted octanol–water partition coefficient (Wildman–Crippen LogP) is 3.88. The van der Waals surface area contributed by atoms with Gasteiger partial charge in [0, 0.05) is 29.1 Å². The molecule has 0 bridgehead atoms. The summed E-state index contributed by atoms with van der Waals surface area (Å²) >= 11 is 0. The summed E-state index contributed by atoms with van der Waals surface area (Å²) in [5.74, 6) is -2.59. The fourth-order valence-corrected chi connectivity index (χ4v) is 3.35. The van der Waals surface area contributed by atoms with Gasteiger partial charge in [0.1, 0.15) is 17.5 Å². The van der Waals surface area contributed by atoms with Crippen LogP contribution in [0.3, 0.4) is 0 Å². The smallest absolute Gasteiger partial charge is 0.258 e. The van der Waals surface area contributed by atoms with E-state index in [0.29, 0.717) is 29.3 Å². The number of rotatable bonds is 2. The molecule has 1 amide bonds. The highest BCUT2D eigenvalue weighted by Gasteiger charge is 2.32. The van der Waals surface area contributed by atoms with Gasteiger partial charge >= 0.3 is 0 Å². The summed E-state index contributed by atoms with van der Waals surface area (Å²) in [4.78, 5) is 18.4. The molecule has 0 radical (unpaired) electrons. The lowest BCUT2D eigenvalue weighted by Crippen LogP contribution is -2.23. The van der Waals surface area contributed by atoms with Crippen molar-refractivity contribution >= 4 is 22.5 Å². The summed E-state index contributed by atoms with van der Waals surface area (Å²) in [5.41, 5.74) is 7.03. The summed E-state index contributed by atoms with van der Waals surface area (Å²) in [6, 6.07) is 5.46. The Labute approximate surface area is 147 Å². The Morgan fingerprint density at radius 2 is 1.88 bits per heavy atom. The van der Waals surface area contributed by atoms with E-state index in [2.05, 4.69) is 4.98 Å². The van der Waals surface area contributed by atoms with Crippen LogP contribution < -0.4 is 5.73 Å². The van der Waals surface area contributed by atoms with Crippen LogP contribution in [0, 0.1) is 17.5 Å². The van der Waals surface area contributed by atoms with Crippen molar-refractivity contribution in [2.45, 2.75) is 13.5 Å². The number of fused-ring (bicyclic) bond motifs is 2. The number of hydrogen-bond donors (Lipinski definition) is 1. The number of amides is 1. The van der Waals surface area contributed by atoms with Crippen LogP contribution in [0.15, 0.2) is 30.3 Å². The van der Waals surface area contributed by atoms with Gasteiger partial charge in [-0.15, -0.1) is 0 Å². The van der Waals surface area contributed by atoms with Crippen molar-refractivity contribution in [3.05, 3.63) is 59.0 Å². The van der Waals surface area contributed by atoms with Crippen molar-refractivity contribution < 1.29 is 18.0 Å². The van der Waals surface area contributed by atoms with Gasteiger partial charge in [-0.3, -0.25) is 4.79 Å². The van der Waals surface area contributed by atoms with Gasteiger partial charge in [-0.05, 0) is 31.2 Å². The third-order valence-electron chi connectivity index (χ3n) is 4.65. The SMILES string of the molecule is CCN1Cc2nc3c(-c4ccc(F)cc4F)c(F)ccc3c(N)c2C1=O. The Balaban J connectivity index is 2.06. The van der Waals surface area contributed by atoms with Gasteiger partial charge in [0.2, 0.25) is 0 Å². The molecule has 26 heavy (non-hydrogen) atoms. The van der Waals surface area contributed by atoms with Crippen LogP contribution in [-0.4, -0.2) is 22.3 Å². The number of anilines is 1. The summed E-state index contributed by atoms with van der Waals surface area (Å²) < 4.78 is 42.1. The lowest BCUT2D eigenvalue weighted by atomic mass is 9.98. The molecule has 1 aliphatic rings. The molecule has 2 heterocycles. The van der Waals surface area contributed by atoms with Crippen LogP contribution in [0.5, 0.6) is 0 Å². The molecule has 0 atom stereocenters. The number of halogens is 3. The van der Waals surface area contributed by atoms with Crippen LogP contribution in [0.2, 0.25) is 0 Å². The molecular formula is C19H14F3N3O. The van der Waals surface area contributed by atoms with Gasteiger partial charge in [0.05, 0.1) is 29.0 Å². The number of aromatic nitrogens is 1. The second-order valence-corrected chi connectivity index (χ2v) is 6.11. The first-order valence-electron chi connectivity index (χ1n) is 8.07. The second-order valence-electron chi connectivity index (χ2n) is 6.11. The molecule has 1 aromatic heterocycles. The Morgan fingerprint density at radius 1 is 1.12 bits per heavy atom. The molecule has 1 aliphatic heterocycles. The van der Waals surface area contributed by atoms with E-state index in [1.807, 2.05) is 6.92 Å². The topological polar surface area (TPSA) is 59.2 Å². The van der Waals surface area contributed by atoms with Crippen molar-refractivity contribution in [1.29, 1.82) is 0 Å². The van der Waals surface area contributed by atoms with E-state index in [4.69, 9.17) is 5.73 Å². The zero-order chi connectivity index (χ0) is 18.6. The van der Waals surface area contributed by atoms with Gasteiger partial charge in [-0.2, -0.15) is 0 Å². The fraction of sp³-hybridized carbons (Fsp3) is 0.158. The van der Waals surface area contributed by atoms with Gasteiger partial charge in [-0.25, -0.2) is 18.2 Å². The molecule has 0 saturated heterocycles. The van der Waals surface area contributed by atoms with Crippen LogP contribution in [-0.2, 0) is 6.54 Å². The molecule has 0 fully saturated rings. The van der Waals surface area contributed by atoms with Gasteiger partial charge in [-0.1, -0.05) is 0 Å². The molecule has 0 aliphatic carbocycles. The molecule has 132 valence electrons. The normalized spacial score (nSPS) is 13.5. The average Bonchev–Trinajstić information content (AvgIpc) is 2.92. The monoisotopic (exact) mass is 357 g/mol. The summed E-state index contributed by atoms with van der Waals surface area (Å²) in [6.07, 6.45) is 0. The summed E-state index contributed by atoms with van der Waals surface area (Å²) in [6.45, 7) is 2.57. The second kappa shape index (κ2) is 5.72. The Morgan fingerprint density at radius 3 is 2.58 bits per heavy atom. The first-order chi connectivity index (χ1) is 12.4. The van der Waals surface area contributed by atoms with E-state index >= 15 is 0 Å². The van der Waals surface area contributed by atoms with Crippen LogP contribution in [0.25, 0.3) is 22.0 Å². The maximum Gasteiger partial charge on any atom is 0.258 e. The quantitative estimate of drug-likeness (QED) is 0.757. The fourth-order valence-electron chi connectivity index (χ4n) is 3.35. The third kappa shape index (κ3) is 2.23. The average molecular weight is 357 g/mol. The molecule has 4 nitrogen and oxygen atoms in total. The minimum Gasteiger partial charge on any atom is -0.397 e. The van der Waals surface area contributed by atoms with Crippen molar-refractivity contribution in [3.63, 3.8) is 0 Å². The van der Waals surface area contributed by atoms with E-state index in [9.17, 15) is 18.0 Å². The zero-order valence-corrected chi connectivity index (χ0v) is 13.8. The van der Waals surface area contributed by atoms with Crippen molar-refractivity contribution in [3.8, 4) is 11.1 Å². The largest absolute Gasteiger partial charge is 0.397 e. The van der Waals surface area contributed by atoms with E-state index in [1.165, 1.54) is 6.07 Å². The molecular weight excluding hydrogens is 343 g/mol. The first-order valence-corrected chi connectivity index (χ1v) is 8.07. The molecule has 7 heteroatoms. The Kier molecular flexibility index (Phi) is 3.61. The molecule has 2 N–H and O–H groups in total. The van der Waals surface area contributed by atoms with Crippen LogP contribution in [0.1, 0.15) is 23.0 Å². The lowest BCUT2D eigenvalue weighted by Gasteiger charge is -2.12. The maximum atomic E-state index is 14.6. The maximum absolute atomic E-state index is 14.6. The van der Waals surface area contributed by atoms with E-state index < -0.39 is 17.5 Å². The van der Waals surface area contributed by atoms with Crippen molar-refractivity contribution in [2.75, 3.05) is 12.3 Å². The molecule has 4 rings (SSSR count). The van der Waals surface area contributed by atoms with Crippen LogP contribution in [0.4, 0.5) is 18.9 Å². The highest BCUT2D eigenvalue weighted by atomic mass is 19.1. The lowest BCUT2D eigenvalue weighted by molar-refractivity contribution is 0.0787. The number of pyridine rings is 1. The van der Waals surface area contributed by atoms with Gasteiger partial charge in [0.15, 0.2) is 0 Å². The zero-order valence-electron chi connectivity index (χ0n) is 13.8. The van der Waals surface area contributed by atoms with Crippen molar-refractivity contribution in [1.82, 2.24) is 9.88 Å². The number of benzene rings is 2. The summed E-state index contributed by atoms with van der Waals surface area (Å²) in [5, 5.41) is 0.357. The third-order valence-corrected chi connectivity index (χ3v) is 4.65. The Bertz CT molecular complexity index is 1080. The van der Waals surface area contributed by atoms with Gasteiger partial charge in [0.25, 0.3) is 5.91 Å². The van der Waals surface area contributed by atoms with Crippen LogP contribution >= 0.6 is 0 Å². The number of nitrogen functional groups attached to an aromatic ring is 1. The molecule has 0 unspecified atom stereocenters. The standard InChI is InChI=1S/C19H14F3N3O/c1-2-25-8-14-16(19(25)26)17(23)11-5-6-12(21)15(18(11)24-14)10-4-3-9(20)7-13(10)22/h3-7H,2,8H2,1H3,(H2,23,24). The number of nitrogens with zero attached hydrogens (tertiary/aromatic N) is 2. The number of nitrogens with two attached hydrogens (primary N) is 1. The predicted molar refractivity (Wildman–Crippen MR) is 91.9 cm³/mol. The Hall–Kier alpha value is -3.09. The highest BCUT2D eigenvalue weighted by molar-refractivity contribution is 6.11. The van der Waals surface area contributed by atoms with E-state index in [-0.39, 0.29) is 34.8 Å². The molecule has 0 spiro atoms. The summed E-state index contributed by atoms with van der Waals surface area (Å²) in [7, 11) is 0. The number of carbonyl (C=O) groups is 1. The van der Waals surface area contributed by atoms with Gasteiger partial charge < -0.3 is 10.6 Å². The molecule has 2 aromatic carbocycles. The van der Waals surface area contributed by atoms with E-state index in [0.717, 1.165) is 18.2 Å². The minimum atomic E-state index is -0.900. The van der Waals surface area contributed by atoms with Crippen molar-refractivity contribution in [2.24, 2.45) is 0 Å².